The summed E-state index contributed by atoms with van der Waals surface area (Å²) >= 11 is 0. The van der Waals surface area contributed by atoms with E-state index in [-0.39, 0.29) is 0 Å². The number of nitrogens with one attached hydrogen (secondary N) is 1. The molecular weight excluding hydrogens is 248 g/mol. The van der Waals surface area contributed by atoms with Crippen LogP contribution in [0.2, 0.25) is 0 Å². The second-order valence-corrected chi connectivity index (χ2v) is 5.32. The van der Waals surface area contributed by atoms with E-state index in [9.17, 15) is 5.11 Å². The summed E-state index contributed by atoms with van der Waals surface area (Å²) in [6.45, 7) is 3.93. The molecule has 2 aromatic carbocycles. The molecule has 1 aliphatic rings. The van der Waals surface area contributed by atoms with Gasteiger partial charge < -0.3 is 10.4 Å². The highest BCUT2D eigenvalue weighted by atomic mass is 16.3. The van der Waals surface area contributed by atoms with Gasteiger partial charge in [0.2, 0.25) is 0 Å². The number of phenols is 1. The van der Waals surface area contributed by atoms with E-state index in [0.717, 1.165) is 26.2 Å². The second-order valence-electron chi connectivity index (χ2n) is 5.32. The Morgan fingerprint density at radius 2 is 1.95 bits per heavy atom. The summed E-state index contributed by atoms with van der Waals surface area (Å²) in [7, 11) is 0. The predicted octanol–water partition coefficient (Wildman–Crippen LogP) is 2.54. The van der Waals surface area contributed by atoms with Gasteiger partial charge in [-0.2, -0.15) is 0 Å². The van der Waals surface area contributed by atoms with Crippen LogP contribution in [-0.4, -0.2) is 29.6 Å². The van der Waals surface area contributed by atoms with E-state index in [1.54, 1.807) is 6.07 Å². The molecule has 2 aromatic rings. The Bertz CT molecular complexity index is 556. The van der Waals surface area contributed by atoms with E-state index in [1.165, 1.54) is 11.1 Å². The van der Waals surface area contributed by atoms with E-state index in [0.29, 0.717) is 11.8 Å². The van der Waals surface area contributed by atoms with E-state index in [1.807, 2.05) is 12.1 Å². The number of phenolic OH excluding ortho intramolecular Hbond substituents is 1. The molecule has 0 spiro atoms. The lowest BCUT2D eigenvalue weighted by molar-refractivity contribution is 0.193. The lowest BCUT2D eigenvalue weighted by Crippen LogP contribution is -2.45. The van der Waals surface area contributed by atoms with Crippen molar-refractivity contribution in [3.8, 4) is 5.75 Å². The number of hydrogen-bond acceptors (Lipinski definition) is 3. The number of nitrogens with zero attached hydrogens (tertiary/aromatic N) is 1. The molecule has 3 heteroatoms. The summed E-state index contributed by atoms with van der Waals surface area (Å²) in [6.07, 6.45) is 0. The molecule has 0 aliphatic carbocycles. The third kappa shape index (κ3) is 3.18. The van der Waals surface area contributed by atoms with Gasteiger partial charge in [0, 0.05) is 32.2 Å². The minimum Gasteiger partial charge on any atom is -0.508 e. The largest absolute Gasteiger partial charge is 0.508 e. The Morgan fingerprint density at radius 1 is 1.10 bits per heavy atom. The van der Waals surface area contributed by atoms with Crippen LogP contribution < -0.4 is 5.32 Å². The summed E-state index contributed by atoms with van der Waals surface area (Å²) in [4.78, 5) is 2.43. The van der Waals surface area contributed by atoms with Gasteiger partial charge in [0.1, 0.15) is 5.75 Å². The van der Waals surface area contributed by atoms with Gasteiger partial charge in [0.05, 0.1) is 0 Å². The first-order valence-corrected chi connectivity index (χ1v) is 7.10. The monoisotopic (exact) mass is 268 g/mol. The minimum atomic E-state index is 0.345. The molecule has 1 aliphatic heterocycles. The zero-order valence-corrected chi connectivity index (χ0v) is 11.5. The molecular formula is C17H20N2O. The summed E-state index contributed by atoms with van der Waals surface area (Å²) in [6, 6.07) is 18.5. The van der Waals surface area contributed by atoms with Crippen molar-refractivity contribution in [1.29, 1.82) is 0 Å². The standard InChI is InChI=1S/C17H20N2O/c20-16-8-4-5-14(11-16)12-19-10-9-18-17(13-19)15-6-2-1-3-7-15/h1-8,11,17-18,20H,9-10,12-13H2. The zero-order chi connectivity index (χ0) is 13.8. The van der Waals surface area contributed by atoms with Crippen LogP contribution in [0.15, 0.2) is 54.6 Å². The van der Waals surface area contributed by atoms with Crippen molar-refractivity contribution >= 4 is 0 Å². The first-order valence-electron chi connectivity index (χ1n) is 7.10. The molecule has 1 heterocycles. The van der Waals surface area contributed by atoms with Crippen LogP contribution in [0.1, 0.15) is 17.2 Å². The van der Waals surface area contributed by atoms with Gasteiger partial charge in [0.25, 0.3) is 0 Å². The summed E-state index contributed by atoms with van der Waals surface area (Å²) in [5.41, 5.74) is 2.51. The van der Waals surface area contributed by atoms with Crippen molar-refractivity contribution in [2.75, 3.05) is 19.6 Å². The van der Waals surface area contributed by atoms with Gasteiger partial charge >= 0.3 is 0 Å². The van der Waals surface area contributed by atoms with E-state index >= 15 is 0 Å². The van der Waals surface area contributed by atoms with E-state index in [2.05, 4.69) is 46.6 Å². The first kappa shape index (κ1) is 13.2. The van der Waals surface area contributed by atoms with Crippen LogP contribution in [0.25, 0.3) is 0 Å². The maximum Gasteiger partial charge on any atom is 0.115 e. The van der Waals surface area contributed by atoms with Crippen LogP contribution in [0, 0.1) is 0 Å². The number of aromatic hydroxyl groups is 1. The molecule has 2 N–H and O–H groups in total. The fraction of sp³-hybridized carbons (Fsp3) is 0.294. The molecule has 0 bridgehead atoms. The molecule has 1 fully saturated rings. The van der Waals surface area contributed by atoms with Gasteiger partial charge in [-0.1, -0.05) is 42.5 Å². The molecule has 0 saturated carbocycles. The minimum absolute atomic E-state index is 0.345. The second kappa shape index (κ2) is 6.07. The fourth-order valence-electron chi connectivity index (χ4n) is 2.78. The third-order valence-corrected chi connectivity index (χ3v) is 3.78. The lowest BCUT2D eigenvalue weighted by atomic mass is 10.0. The van der Waals surface area contributed by atoms with Crippen molar-refractivity contribution in [3.63, 3.8) is 0 Å². The topological polar surface area (TPSA) is 35.5 Å². The molecule has 104 valence electrons. The fourth-order valence-corrected chi connectivity index (χ4v) is 2.78. The number of hydrogen-bond donors (Lipinski definition) is 2. The summed E-state index contributed by atoms with van der Waals surface area (Å²) in [5, 5.41) is 13.1. The van der Waals surface area contributed by atoms with E-state index in [4.69, 9.17) is 0 Å². The van der Waals surface area contributed by atoms with Crippen molar-refractivity contribution < 1.29 is 5.11 Å². The highest BCUT2D eigenvalue weighted by molar-refractivity contribution is 5.27. The van der Waals surface area contributed by atoms with E-state index < -0.39 is 0 Å². The maximum atomic E-state index is 9.54. The predicted molar refractivity (Wildman–Crippen MR) is 80.6 cm³/mol. The maximum absolute atomic E-state index is 9.54. The Morgan fingerprint density at radius 3 is 2.75 bits per heavy atom. The Hall–Kier alpha value is -1.84. The zero-order valence-electron chi connectivity index (χ0n) is 11.5. The lowest BCUT2D eigenvalue weighted by Gasteiger charge is -2.34. The average Bonchev–Trinajstić information content (AvgIpc) is 2.48. The Balaban J connectivity index is 1.66. The van der Waals surface area contributed by atoms with Crippen LogP contribution in [0.3, 0.4) is 0 Å². The van der Waals surface area contributed by atoms with Gasteiger partial charge in [-0.05, 0) is 23.3 Å². The Kier molecular flexibility index (Phi) is 4.00. The molecule has 3 rings (SSSR count). The van der Waals surface area contributed by atoms with Gasteiger partial charge in [-0.15, -0.1) is 0 Å². The van der Waals surface area contributed by atoms with Crippen molar-refractivity contribution in [2.45, 2.75) is 12.6 Å². The summed E-state index contributed by atoms with van der Waals surface area (Å²) in [5.74, 6) is 0.345. The van der Waals surface area contributed by atoms with Gasteiger partial charge in [-0.25, -0.2) is 0 Å². The molecule has 3 nitrogen and oxygen atoms in total. The number of benzene rings is 2. The molecule has 0 radical (unpaired) electrons. The normalized spacial score (nSPS) is 19.9. The molecule has 1 atom stereocenters. The summed E-state index contributed by atoms with van der Waals surface area (Å²) < 4.78 is 0. The van der Waals surface area contributed by atoms with Crippen LogP contribution in [0.5, 0.6) is 5.75 Å². The van der Waals surface area contributed by atoms with Crippen LogP contribution in [-0.2, 0) is 6.54 Å². The molecule has 1 unspecified atom stereocenters. The smallest absolute Gasteiger partial charge is 0.115 e. The number of rotatable bonds is 3. The molecule has 20 heavy (non-hydrogen) atoms. The SMILES string of the molecule is Oc1cccc(CN2CCNC(c3ccccc3)C2)c1. The molecule has 0 amide bonds. The van der Waals surface area contributed by atoms with Crippen LogP contribution in [0.4, 0.5) is 0 Å². The third-order valence-electron chi connectivity index (χ3n) is 3.78. The van der Waals surface area contributed by atoms with Crippen molar-refractivity contribution in [3.05, 3.63) is 65.7 Å². The average molecular weight is 268 g/mol. The number of piperazine rings is 1. The van der Waals surface area contributed by atoms with Gasteiger partial charge in [-0.3, -0.25) is 4.90 Å². The van der Waals surface area contributed by atoms with Crippen molar-refractivity contribution in [2.24, 2.45) is 0 Å². The quantitative estimate of drug-likeness (QED) is 0.898. The molecule has 1 saturated heterocycles. The molecule has 0 aromatic heterocycles. The highest BCUT2D eigenvalue weighted by Gasteiger charge is 2.20. The van der Waals surface area contributed by atoms with Gasteiger partial charge in [0.15, 0.2) is 0 Å². The van der Waals surface area contributed by atoms with Crippen molar-refractivity contribution in [1.82, 2.24) is 10.2 Å². The Labute approximate surface area is 119 Å². The highest BCUT2D eigenvalue weighted by Crippen LogP contribution is 2.19. The first-order chi connectivity index (χ1) is 9.81. The van der Waals surface area contributed by atoms with Crippen LogP contribution >= 0.6 is 0 Å².